The molecule has 2 rings (SSSR count). The Balaban J connectivity index is 2.30. The largest absolute Gasteiger partial charge is 0.480 e. The fourth-order valence-electron chi connectivity index (χ4n) is 2.65. The third kappa shape index (κ3) is 4.22. The summed E-state index contributed by atoms with van der Waals surface area (Å²) >= 11 is 0. The Morgan fingerprint density at radius 3 is 2.62 bits per heavy atom. The quantitative estimate of drug-likeness (QED) is 0.734. The van der Waals surface area contributed by atoms with Crippen molar-refractivity contribution in [3.05, 3.63) is 39.7 Å². The third-order valence-corrected chi connectivity index (χ3v) is 4.12. The zero-order chi connectivity index (χ0) is 19.4. The predicted molar refractivity (Wildman–Crippen MR) is 96.5 cm³/mol. The third-order valence-electron chi connectivity index (χ3n) is 4.12. The molecule has 7 nitrogen and oxygen atoms in total. The number of carboxylic acid groups (broad SMARTS) is 1. The molecule has 0 aliphatic carbocycles. The Labute approximate surface area is 151 Å². The lowest BCUT2D eigenvalue weighted by molar-refractivity contribution is -0.142. The van der Waals surface area contributed by atoms with Gasteiger partial charge in [0.15, 0.2) is 6.10 Å². The molecule has 1 heterocycles. The van der Waals surface area contributed by atoms with E-state index in [-0.39, 0.29) is 0 Å². The van der Waals surface area contributed by atoms with E-state index in [0.29, 0.717) is 16.9 Å². The van der Waals surface area contributed by atoms with E-state index in [0.717, 1.165) is 23.8 Å². The van der Waals surface area contributed by atoms with Gasteiger partial charge in [-0.1, -0.05) is 13.3 Å². The topological polar surface area (TPSA) is 106 Å². The number of aryl methyl sites for hydroxylation is 2. The molecule has 2 N–H and O–H groups in total. The van der Waals surface area contributed by atoms with Gasteiger partial charge in [0, 0.05) is 17.0 Å². The van der Waals surface area contributed by atoms with Gasteiger partial charge < -0.3 is 19.6 Å². The number of carbonyl (C=O) groups is 2. The van der Waals surface area contributed by atoms with Crippen molar-refractivity contribution in [3.8, 4) is 5.75 Å². The van der Waals surface area contributed by atoms with Gasteiger partial charge in [-0.15, -0.1) is 0 Å². The molecule has 0 aliphatic rings. The zero-order valence-corrected chi connectivity index (χ0v) is 15.3. The summed E-state index contributed by atoms with van der Waals surface area (Å²) in [7, 11) is 0. The summed E-state index contributed by atoms with van der Waals surface area (Å²) in [5.74, 6) is -1.27. The van der Waals surface area contributed by atoms with Crippen LogP contribution in [0.1, 0.15) is 38.3 Å². The van der Waals surface area contributed by atoms with Crippen LogP contribution in [0.3, 0.4) is 0 Å². The van der Waals surface area contributed by atoms with E-state index in [1.54, 1.807) is 19.1 Å². The van der Waals surface area contributed by atoms with Crippen molar-refractivity contribution in [2.45, 2.75) is 52.7 Å². The second-order valence-corrected chi connectivity index (χ2v) is 6.23. The van der Waals surface area contributed by atoms with Crippen LogP contribution in [0.5, 0.6) is 5.75 Å². The van der Waals surface area contributed by atoms with Crippen LogP contribution in [-0.4, -0.2) is 29.1 Å². The molecule has 0 unspecified atom stereocenters. The summed E-state index contributed by atoms with van der Waals surface area (Å²) < 4.78 is 11.0. The molecule has 1 amide bonds. The number of benzene rings is 1. The maximum atomic E-state index is 12.1. The van der Waals surface area contributed by atoms with Crippen LogP contribution in [0.15, 0.2) is 27.4 Å². The minimum atomic E-state index is -1.13. The van der Waals surface area contributed by atoms with Crippen LogP contribution in [0.2, 0.25) is 0 Å². The van der Waals surface area contributed by atoms with Crippen molar-refractivity contribution in [2.24, 2.45) is 0 Å². The van der Waals surface area contributed by atoms with Gasteiger partial charge in [0.2, 0.25) is 0 Å². The second-order valence-electron chi connectivity index (χ2n) is 6.23. The van der Waals surface area contributed by atoms with Gasteiger partial charge in [-0.3, -0.25) is 9.59 Å². The molecule has 140 valence electrons. The van der Waals surface area contributed by atoms with Crippen LogP contribution in [0.4, 0.5) is 0 Å². The van der Waals surface area contributed by atoms with Gasteiger partial charge in [-0.25, -0.2) is 4.79 Å². The first-order valence-corrected chi connectivity index (χ1v) is 8.50. The number of hydrogen-bond acceptors (Lipinski definition) is 5. The minimum Gasteiger partial charge on any atom is -0.480 e. The molecule has 0 fully saturated rings. The molecular weight excluding hydrogens is 338 g/mol. The molecule has 0 saturated carbocycles. The Kier molecular flexibility index (Phi) is 6.02. The number of amides is 1. The summed E-state index contributed by atoms with van der Waals surface area (Å²) in [6.07, 6.45) is 0.751. The van der Waals surface area contributed by atoms with E-state index in [4.69, 9.17) is 14.3 Å². The van der Waals surface area contributed by atoms with Crippen LogP contribution in [-0.2, 0) is 16.0 Å². The molecule has 1 aromatic carbocycles. The van der Waals surface area contributed by atoms with Crippen molar-refractivity contribution < 1.29 is 23.8 Å². The summed E-state index contributed by atoms with van der Waals surface area (Å²) in [4.78, 5) is 34.7. The number of rotatable bonds is 7. The maximum absolute atomic E-state index is 12.1. The number of aliphatic carboxylic acids is 1. The van der Waals surface area contributed by atoms with E-state index in [1.807, 2.05) is 6.92 Å². The monoisotopic (exact) mass is 361 g/mol. The van der Waals surface area contributed by atoms with E-state index in [9.17, 15) is 14.4 Å². The average molecular weight is 361 g/mol. The molecule has 0 aliphatic heterocycles. The molecule has 0 bridgehead atoms. The number of ether oxygens (including phenoxy) is 1. The summed E-state index contributed by atoms with van der Waals surface area (Å²) in [6, 6.07) is 4.01. The van der Waals surface area contributed by atoms with Gasteiger partial charge in [-0.2, -0.15) is 0 Å². The molecule has 2 aromatic rings. The maximum Gasteiger partial charge on any atom is 0.336 e. The Hall–Kier alpha value is -2.83. The summed E-state index contributed by atoms with van der Waals surface area (Å²) in [6.45, 7) is 6.68. The second kappa shape index (κ2) is 8.03. The van der Waals surface area contributed by atoms with E-state index in [2.05, 4.69) is 5.32 Å². The van der Waals surface area contributed by atoms with Gasteiger partial charge in [0.1, 0.15) is 17.4 Å². The molecule has 7 heteroatoms. The Bertz CT molecular complexity index is 885. The molecule has 0 radical (unpaired) electrons. The average Bonchev–Trinajstić information content (AvgIpc) is 2.57. The van der Waals surface area contributed by atoms with Crippen molar-refractivity contribution in [2.75, 3.05) is 0 Å². The van der Waals surface area contributed by atoms with E-state index >= 15 is 0 Å². The highest BCUT2D eigenvalue weighted by Gasteiger charge is 2.21. The van der Waals surface area contributed by atoms with Crippen LogP contribution < -0.4 is 15.7 Å². The van der Waals surface area contributed by atoms with Gasteiger partial charge in [0.05, 0.1) is 0 Å². The van der Waals surface area contributed by atoms with Gasteiger partial charge in [0.25, 0.3) is 5.91 Å². The van der Waals surface area contributed by atoms with Crippen molar-refractivity contribution in [1.29, 1.82) is 0 Å². The number of carbonyl (C=O) groups excluding carboxylic acids is 1. The fraction of sp³-hybridized carbons (Fsp3) is 0.421. The Morgan fingerprint density at radius 2 is 2.00 bits per heavy atom. The van der Waals surface area contributed by atoms with Gasteiger partial charge >= 0.3 is 11.6 Å². The zero-order valence-electron chi connectivity index (χ0n) is 15.3. The number of hydrogen-bond donors (Lipinski definition) is 2. The van der Waals surface area contributed by atoms with Crippen molar-refractivity contribution in [1.82, 2.24) is 5.32 Å². The van der Waals surface area contributed by atoms with Crippen molar-refractivity contribution in [3.63, 3.8) is 0 Å². The first kappa shape index (κ1) is 19.5. The van der Waals surface area contributed by atoms with E-state index < -0.39 is 29.6 Å². The lowest BCUT2D eigenvalue weighted by Crippen LogP contribution is -2.44. The van der Waals surface area contributed by atoms with Crippen LogP contribution in [0, 0.1) is 6.92 Å². The smallest absolute Gasteiger partial charge is 0.336 e. The standard InChI is InChI=1S/C19H23NO6/c1-5-6-13-9-16(21)26-17-10(2)15(8-7-14(13)17)25-12(4)18(22)20-11(3)19(23)24/h7-9,11-12H,5-6H2,1-4H3,(H,20,22)(H,23,24)/t11-,12-/m0/s1. The molecule has 0 spiro atoms. The van der Waals surface area contributed by atoms with Crippen LogP contribution >= 0.6 is 0 Å². The molecule has 0 saturated heterocycles. The lowest BCUT2D eigenvalue weighted by atomic mass is 10.0. The highest BCUT2D eigenvalue weighted by molar-refractivity contribution is 5.87. The van der Waals surface area contributed by atoms with Crippen molar-refractivity contribution >= 4 is 22.8 Å². The molecule has 26 heavy (non-hydrogen) atoms. The highest BCUT2D eigenvalue weighted by Crippen LogP contribution is 2.29. The molecule has 1 aromatic heterocycles. The van der Waals surface area contributed by atoms with E-state index in [1.165, 1.54) is 19.9 Å². The lowest BCUT2D eigenvalue weighted by Gasteiger charge is -2.18. The summed E-state index contributed by atoms with van der Waals surface area (Å²) in [5.41, 5.74) is 1.53. The predicted octanol–water partition coefficient (Wildman–Crippen LogP) is 2.41. The number of fused-ring (bicyclic) bond motifs is 1. The highest BCUT2D eigenvalue weighted by atomic mass is 16.5. The SMILES string of the molecule is CCCc1cc(=O)oc2c(C)c(O[C@@H](C)C(=O)N[C@@H](C)C(=O)O)ccc12. The summed E-state index contributed by atoms with van der Waals surface area (Å²) in [5, 5.41) is 12.1. The molecule has 2 atom stereocenters. The van der Waals surface area contributed by atoms with Crippen LogP contribution in [0.25, 0.3) is 11.0 Å². The number of carboxylic acids is 1. The first-order valence-electron chi connectivity index (χ1n) is 8.50. The molecular formula is C19H23NO6. The first-order chi connectivity index (χ1) is 12.2. The number of nitrogens with one attached hydrogen (secondary N) is 1. The fourth-order valence-corrected chi connectivity index (χ4v) is 2.65. The van der Waals surface area contributed by atoms with Gasteiger partial charge in [-0.05, 0) is 44.9 Å². The normalized spacial score (nSPS) is 13.2. The minimum absolute atomic E-state index is 0.403. The Morgan fingerprint density at radius 1 is 1.31 bits per heavy atom.